The van der Waals surface area contributed by atoms with Crippen molar-refractivity contribution in [2.75, 3.05) is 0 Å². The maximum absolute atomic E-state index is 12.1. The van der Waals surface area contributed by atoms with Gasteiger partial charge in [-0.2, -0.15) is 0 Å². The van der Waals surface area contributed by atoms with Crippen LogP contribution in [0.25, 0.3) is 0 Å². The fraction of sp³-hybridized carbons (Fsp3) is 0.750. The zero-order chi connectivity index (χ0) is 17.0. The van der Waals surface area contributed by atoms with Gasteiger partial charge in [-0.3, -0.25) is 14.3 Å². The molecule has 3 rings (SSSR count). The predicted molar refractivity (Wildman–Crippen MR) is 83.4 cm³/mol. The van der Waals surface area contributed by atoms with E-state index in [1.807, 2.05) is 34.6 Å². The minimum atomic E-state index is -0.723. The van der Waals surface area contributed by atoms with E-state index < -0.39 is 17.0 Å². The molecule has 23 heavy (non-hydrogen) atoms. The molecular formula is C16H24N2O5. The highest BCUT2D eigenvalue weighted by Crippen LogP contribution is 2.45. The van der Waals surface area contributed by atoms with Gasteiger partial charge in [0, 0.05) is 12.3 Å². The average molecular weight is 324 g/mol. The van der Waals surface area contributed by atoms with Crippen molar-refractivity contribution >= 4 is 0 Å². The van der Waals surface area contributed by atoms with Gasteiger partial charge in [-0.15, -0.1) is 0 Å². The average Bonchev–Trinajstić information content (AvgIpc) is 2.83. The third-order valence-electron chi connectivity index (χ3n) is 4.10. The molecule has 1 aliphatic heterocycles. The molecule has 0 spiro atoms. The van der Waals surface area contributed by atoms with Crippen molar-refractivity contribution in [3.05, 3.63) is 33.1 Å². The maximum Gasteiger partial charge on any atom is 0.328 e. The fourth-order valence-corrected chi connectivity index (χ4v) is 3.44. The number of ether oxygens (including phenoxy) is 3. The van der Waals surface area contributed by atoms with Gasteiger partial charge < -0.3 is 14.2 Å². The van der Waals surface area contributed by atoms with Crippen molar-refractivity contribution in [1.82, 2.24) is 9.55 Å². The standard InChI is InChI=1S/C16H24N2O5/c1-15(2,3)21-10-8-9(12-13(10)23-16(4,5)22-12)18-7-6-11(19)17-14(18)20/h6-7,9-10,12-13H,8H2,1-5H3,(H,17,19,20). The number of hydrogen-bond donors (Lipinski definition) is 1. The summed E-state index contributed by atoms with van der Waals surface area (Å²) in [6.07, 6.45) is 1.39. The van der Waals surface area contributed by atoms with Crippen molar-refractivity contribution in [2.45, 2.75) is 76.8 Å². The monoisotopic (exact) mass is 324 g/mol. The van der Waals surface area contributed by atoms with Crippen molar-refractivity contribution in [1.29, 1.82) is 0 Å². The van der Waals surface area contributed by atoms with E-state index in [1.165, 1.54) is 16.8 Å². The zero-order valence-electron chi connectivity index (χ0n) is 14.2. The predicted octanol–water partition coefficient (Wildman–Crippen LogP) is 1.19. The summed E-state index contributed by atoms with van der Waals surface area (Å²) in [5.74, 6) is -0.723. The molecule has 0 amide bonds. The summed E-state index contributed by atoms with van der Waals surface area (Å²) in [6.45, 7) is 9.67. The summed E-state index contributed by atoms with van der Waals surface area (Å²) in [6, 6.07) is 1.11. The van der Waals surface area contributed by atoms with Crippen LogP contribution in [0.1, 0.15) is 47.1 Å². The van der Waals surface area contributed by atoms with Crippen LogP contribution in [0.15, 0.2) is 21.9 Å². The van der Waals surface area contributed by atoms with Crippen LogP contribution in [0.5, 0.6) is 0 Å². The van der Waals surface area contributed by atoms with Crippen LogP contribution in [-0.4, -0.2) is 39.3 Å². The van der Waals surface area contributed by atoms with Crippen molar-refractivity contribution in [3.63, 3.8) is 0 Å². The van der Waals surface area contributed by atoms with E-state index in [0.29, 0.717) is 6.42 Å². The third-order valence-corrected chi connectivity index (χ3v) is 4.10. The first-order chi connectivity index (χ1) is 10.6. The highest BCUT2D eigenvalue weighted by atomic mass is 16.8. The minimum absolute atomic E-state index is 0.175. The van der Waals surface area contributed by atoms with E-state index in [4.69, 9.17) is 14.2 Å². The summed E-state index contributed by atoms with van der Waals surface area (Å²) < 4.78 is 19.7. The minimum Gasteiger partial charge on any atom is -0.370 e. The van der Waals surface area contributed by atoms with Crippen LogP contribution in [-0.2, 0) is 14.2 Å². The number of rotatable bonds is 2. The Morgan fingerprint density at radius 2 is 1.91 bits per heavy atom. The van der Waals surface area contributed by atoms with E-state index >= 15 is 0 Å². The Labute approximate surface area is 134 Å². The molecule has 1 aliphatic carbocycles. The molecule has 2 heterocycles. The summed E-state index contributed by atoms with van der Waals surface area (Å²) in [7, 11) is 0. The Bertz CT molecular complexity index is 699. The highest BCUT2D eigenvalue weighted by Gasteiger charge is 2.56. The molecule has 1 N–H and O–H groups in total. The van der Waals surface area contributed by atoms with E-state index in [0.717, 1.165) is 0 Å². The van der Waals surface area contributed by atoms with E-state index in [1.54, 1.807) is 0 Å². The van der Waals surface area contributed by atoms with Crippen LogP contribution >= 0.6 is 0 Å². The van der Waals surface area contributed by atoms with Crippen molar-refractivity contribution in [2.24, 2.45) is 0 Å². The molecule has 4 atom stereocenters. The molecule has 2 aliphatic rings. The quantitative estimate of drug-likeness (QED) is 0.883. The molecule has 128 valence electrons. The summed E-state index contributed by atoms with van der Waals surface area (Å²) >= 11 is 0. The summed E-state index contributed by atoms with van der Waals surface area (Å²) in [5.41, 5.74) is -1.17. The van der Waals surface area contributed by atoms with Gasteiger partial charge in [0.1, 0.15) is 12.2 Å². The van der Waals surface area contributed by atoms with Gasteiger partial charge in [0.05, 0.1) is 17.7 Å². The number of nitrogens with zero attached hydrogens (tertiary/aromatic N) is 1. The molecule has 1 aromatic heterocycles. The molecule has 2 fully saturated rings. The molecule has 0 bridgehead atoms. The topological polar surface area (TPSA) is 82.6 Å². The second-order valence-corrected chi connectivity index (χ2v) is 7.65. The van der Waals surface area contributed by atoms with Crippen LogP contribution in [0.4, 0.5) is 0 Å². The van der Waals surface area contributed by atoms with Gasteiger partial charge in [0.25, 0.3) is 5.56 Å². The Morgan fingerprint density at radius 1 is 1.26 bits per heavy atom. The Morgan fingerprint density at radius 3 is 2.52 bits per heavy atom. The van der Waals surface area contributed by atoms with Crippen LogP contribution < -0.4 is 11.2 Å². The second-order valence-electron chi connectivity index (χ2n) is 7.65. The van der Waals surface area contributed by atoms with Gasteiger partial charge in [-0.05, 0) is 41.0 Å². The van der Waals surface area contributed by atoms with Gasteiger partial charge in [-0.1, -0.05) is 0 Å². The molecule has 7 nitrogen and oxygen atoms in total. The SMILES string of the molecule is CC(C)(C)OC1CC(n2ccc(=O)[nH]c2=O)C2OC(C)(C)OC12. The number of fused-ring (bicyclic) bond motifs is 1. The Hall–Kier alpha value is -1.44. The molecule has 1 saturated heterocycles. The molecule has 7 heteroatoms. The first kappa shape index (κ1) is 16.4. The number of nitrogens with one attached hydrogen (secondary N) is 1. The van der Waals surface area contributed by atoms with Crippen molar-refractivity contribution < 1.29 is 14.2 Å². The van der Waals surface area contributed by atoms with E-state index in [2.05, 4.69) is 4.98 Å². The Kier molecular flexibility index (Phi) is 3.78. The highest BCUT2D eigenvalue weighted by molar-refractivity contribution is 5.04. The lowest BCUT2D eigenvalue weighted by Crippen LogP contribution is -2.37. The number of aromatic amines is 1. The van der Waals surface area contributed by atoms with Gasteiger partial charge in [0.2, 0.25) is 0 Å². The lowest BCUT2D eigenvalue weighted by molar-refractivity contribution is -0.181. The largest absolute Gasteiger partial charge is 0.370 e. The smallest absolute Gasteiger partial charge is 0.328 e. The molecule has 1 saturated carbocycles. The Balaban J connectivity index is 1.95. The number of H-pyrrole nitrogens is 1. The van der Waals surface area contributed by atoms with E-state index in [-0.39, 0.29) is 30.0 Å². The molecule has 0 aromatic carbocycles. The number of aromatic nitrogens is 2. The first-order valence-electron chi connectivity index (χ1n) is 7.91. The summed E-state index contributed by atoms with van der Waals surface area (Å²) in [4.78, 5) is 25.7. The van der Waals surface area contributed by atoms with E-state index in [9.17, 15) is 9.59 Å². The molecule has 4 unspecified atom stereocenters. The maximum atomic E-state index is 12.1. The summed E-state index contributed by atoms with van der Waals surface area (Å²) in [5, 5.41) is 0. The first-order valence-corrected chi connectivity index (χ1v) is 7.91. The lowest BCUT2D eigenvalue weighted by Gasteiger charge is -2.29. The number of hydrogen-bond acceptors (Lipinski definition) is 5. The van der Waals surface area contributed by atoms with Gasteiger partial charge >= 0.3 is 5.69 Å². The molecule has 0 radical (unpaired) electrons. The normalized spacial score (nSPS) is 32.9. The third kappa shape index (κ3) is 3.27. The van der Waals surface area contributed by atoms with Gasteiger partial charge in [0.15, 0.2) is 5.79 Å². The zero-order valence-corrected chi connectivity index (χ0v) is 14.2. The van der Waals surface area contributed by atoms with Crippen LogP contribution in [0.2, 0.25) is 0 Å². The van der Waals surface area contributed by atoms with Crippen LogP contribution in [0, 0.1) is 0 Å². The second kappa shape index (κ2) is 5.29. The van der Waals surface area contributed by atoms with Gasteiger partial charge in [-0.25, -0.2) is 4.79 Å². The lowest BCUT2D eigenvalue weighted by atomic mass is 10.1. The molecule has 1 aromatic rings. The fourth-order valence-electron chi connectivity index (χ4n) is 3.44. The molecular weight excluding hydrogens is 300 g/mol. The van der Waals surface area contributed by atoms with Crippen LogP contribution in [0.3, 0.4) is 0 Å². The van der Waals surface area contributed by atoms with Crippen molar-refractivity contribution in [3.8, 4) is 0 Å².